The number of pyridine rings is 1. The average Bonchev–Trinajstić information content (AvgIpc) is 3.11. The van der Waals surface area contributed by atoms with Crippen LogP contribution < -0.4 is 15.4 Å². The van der Waals surface area contributed by atoms with E-state index in [2.05, 4.69) is 52.0 Å². The Labute approximate surface area is 268 Å². The number of aromatic nitrogens is 3. The number of hydrogen-bond acceptors (Lipinski definition) is 6. The van der Waals surface area contributed by atoms with E-state index in [1.165, 1.54) is 0 Å². The van der Waals surface area contributed by atoms with Crippen molar-refractivity contribution in [3.05, 3.63) is 175 Å². The van der Waals surface area contributed by atoms with Gasteiger partial charge in [-0.05, 0) is 54.1 Å². The molecule has 0 radical (unpaired) electrons. The Balaban J connectivity index is 1.23. The largest absolute Gasteiger partial charge is 0.457 e. The molecule has 0 fully saturated rings. The van der Waals surface area contributed by atoms with Crippen molar-refractivity contribution in [1.29, 1.82) is 0 Å². The monoisotopic (exact) mass is 597 g/mol. The summed E-state index contributed by atoms with van der Waals surface area (Å²) in [4.78, 5) is 14.8. The van der Waals surface area contributed by atoms with Crippen LogP contribution in [0.4, 0.5) is 23.0 Å². The Morgan fingerprint density at radius 3 is 1.65 bits per heavy atom. The van der Waals surface area contributed by atoms with Crippen LogP contribution in [0.2, 0.25) is 0 Å². The van der Waals surface area contributed by atoms with Crippen molar-refractivity contribution >= 4 is 23.0 Å². The van der Waals surface area contributed by atoms with E-state index >= 15 is 0 Å². The molecular weight excluding hydrogens is 566 g/mol. The molecule has 2 N–H and O–H groups in total. The molecule has 0 atom stereocenters. The second-order valence-electron chi connectivity index (χ2n) is 10.7. The van der Waals surface area contributed by atoms with Crippen molar-refractivity contribution in [2.24, 2.45) is 0 Å². The molecule has 46 heavy (non-hydrogen) atoms. The molecule has 2 aromatic heterocycles. The van der Waals surface area contributed by atoms with Gasteiger partial charge in [0.2, 0.25) is 0 Å². The Kier molecular flexibility index (Phi) is 8.41. The molecule has 0 amide bonds. The van der Waals surface area contributed by atoms with Crippen LogP contribution in [-0.4, -0.2) is 15.0 Å². The highest BCUT2D eigenvalue weighted by molar-refractivity contribution is 5.84. The third-order valence-electron chi connectivity index (χ3n) is 7.37. The smallest absolute Gasteiger partial charge is 0.174 e. The summed E-state index contributed by atoms with van der Waals surface area (Å²) in [7, 11) is 0. The van der Waals surface area contributed by atoms with Gasteiger partial charge >= 0.3 is 0 Å². The van der Waals surface area contributed by atoms with Gasteiger partial charge in [0.05, 0.1) is 11.4 Å². The van der Waals surface area contributed by atoms with Crippen LogP contribution in [-0.2, 0) is 6.42 Å². The van der Waals surface area contributed by atoms with Gasteiger partial charge in [0.15, 0.2) is 11.6 Å². The third kappa shape index (κ3) is 6.93. The van der Waals surface area contributed by atoms with Gasteiger partial charge in [0, 0.05) is 46.9 Å². The number of rotatable bonds is 10. The molecule has 0 bridgehead atoms. The molecule has 7 rings (SSSR count). The fraction of sp³-hybridized carbons (Fsp3) is 0.0250. The molecule has 5 aromatic carbocycles. The maximum absolute atomic E-state index is 6.32. The quantitative estimate of drug-likeness (QED) is 0.163. The Morgan fingerprint density at radius 2 is 1.02 bits per heavy atom. The van der Waals surface area contributed by atoms with E-state index in [1.807, 2.05) is 128 Å². The molecule has 6 nitrogen and oxygen atoms in total. The van der Waals surface area contributed by atoms with Gasteiger partial charge in [0.25, 0.3) is 0 Å². The first-order valence-electron chi connectivity index (χ1n) is 15.2. The maximum Gasteiger partial charge on any atom is 0.174 e. The van der Waals surface area contributed by atoms with E-state index in [0.717, 1.165) is 57.3 Å². The van der Waals surface area contributed by atoms with Gasteiger partial charge in [-0.2, -0.15) is 0 Å². The minimum absolute atomic E-state index is 0.594. The SMILES string of the molecule is c1ccc(Nc2nc(-c3ccccc3)c(-c3ccccc3)nc2Nc2cccc(Oc3cccc(Cc4ccccn4)c3)c2)cc1. The van der Waals surface area contributed by atoms with Gasteiger partial charge in [-0.25, -0.2) is 9.97 Å². The Bertz CT molecular complexity index is 2040. The van der Waals surface area contributed by atoms with Crippen LogP contribution in [0.1, 0.15) is 11.3 Å². The summed E-state index contributed by atoms with van der Waals surface area (Å²) in [6.45, 7) is 0. The van der Waals surface area contributed by atoms with E-state index in [-0.39, 0.29) is 0 Å². The Morgan fingerprint density at radius 1 is 0.478 bits per heavy atom. The van der Waals surface area contributed by atoms with E-state index in [0.29, 0.717) is 17.4 Å². The molecule has 0 aliphatic carbocycles. The molecule has 6 heteroatoms. The molecule has 0 spiro atoms. The minimum atomic E-state index is 0.594. The van der Waals surface area contributed by atoms with E-state index in [4.69, 9.17) is 14.7 Å². The molecule has 7 aromatic rings. The van der Waals surface area contributed by atoms with Gasteiger partial charge in [-0.1, -0.05) is 103 Å². The van der Waals surface area contributed by atoms with Crippen LogP contribution in [0.15, 0.2) is 164 Å². The van der Waals surface area contributed by atoms with Gasteiger partial charge in [0.1, 0.15) is 11.5 Å². The lowest BCUT2D eigenvalue weighted by atomic mass is 10.0. The number of anilines is 4. The van der Waals surface area contributed by atoms with Crippen molar-refractivity contribution in [1.82, 2.24) is 15.0 Å². The van der Waals surface area contributed by atoms with E-state index in [1.54, 1.807) is 0 Å². The minimum Gasteiger partial charge on any atom is -0.457 e. The second-order valence-corrected chi connectivity index (χ2v) is 10.7. The molecule has 0 unspecified atom stereocenters. The normalized spacial score (nSPS) is 10.7. The average molecular weight is 598 g/mol. The van der Waals surface area contributed by atoms with Crippen LogP contribution in [0.25, 0.3) is 22.5 Å². The number of hydrogen-bond donors (Lipinski definition) is 2. The van der Waals surface area contributed by atoms with E-state index < -0.39 is 0 Å². The van der Waals surface area contributed by atoms with Crippen molar-refractivity contribution < 1.29 is 4.74 Å². The summed E-state index contributed by atoms with van der Waals surface area (Å²) in [5.41, 5.74) is 7.41. The van der Waals surface area contributed by atoms with Crippen LogP contribution in [0.5, 0.6) is 11.5 Å². The topological polar surface area (TPSA) is 72.0 Å². The highest BCUT2D eigenvalue weighted by Crippen LogP contribution is 2.36. The summed E-state index contributed by atoms with van der Waals surface area (Å²) in [5.74, 6) is 2.67. The summed E-state index contributed by atoms with van der Waals surface area (Å²) < 4.78 is 6.32. The highest BCUT2D eigenvalue weighted by Gasteiger charge is 2.18. The zero-order valence-electron chi connectivity index (χ0n) is 25.0. The van der Waals surface area contributed by atoms with E-state index in [9.17, 15) is 0 Å². The lowest BCUT2D eigenvalue weighted by molar-refractivity contribution is 0.482. The standard InChI is InChI=1S/C40H31N5O/c1-4-15-30(16-5-1)37-38(31-17-6-2-7-18-31)45-40(39(44-37)42-32-19-8-3-9-20-32)43-34-22-13-24-36(28-34)46-35-23-12-14-29(27-35)26-33-21-10-11-25-41-33/h1-25,27-28H,26H2,(H,42,44)(H,43,45). The lowest BCUT2D eigenvalue weighted by Gasteiger charge is -2.18. The number of benzene rings is 5. The zero-order chi connectivity index (χ0) is 31.0. The molecule has 0 aliphatic rings. The zero-order valence-corrected chi connectivity index (χ0v) is 25.0. The molecule has 0 saturated heterocycles. The number of nitrogens with zero attached hydrogens (tertiary/aromatic N) is 3. The maximum atomic E-state index is 6.32. The molecule has 222 valence electrons. The van der Waals surface area contributed by atoms with Crippen LogP contribution >= 0.6 is 0 Å². The number of para-hydroxylation sites is 1. The fourth-order valence-corrected chi connectivity index (χ4v) is 5.20. The summed E-state index contributed by atoms with van der Waals surface area (Å²) in [6, 6.07) is 52.2. The summed E-state index contributed by atoms with van der Waals surface area (Å²) in [5, 5.41) is 7.02. The predicted molar refractivity (Wildman–Crippen MR) is 186 cm³/mol. The third-order valence-corrected chi connectivity index (χ3v) is 7.37. The van der Waals surface area contributed by atoms with Crippen LogP contribution in [0.3, 0.4) is 0 Å². The molecule has 0 aliphatic heterocycles. The Hall–Kier alpha value is -6.27. The first kappa shape index (κ1) is 28.5. The molecular formula is C40H31N5O. The van der Waals surface area contributed by atoms with Crippen molar-refractivity contribution in [2.45, 2.75) is 6.42 Å². The molecule has 0 saturated carbocycles. The van der Waals surface area contributed by atoms with Gasteiger partial charge in [-0.3, -0.25) is 4.98 Å². The van der Waals surface area contributed by atoms with Crippen molar-refractivity contribution in [3.63, 3.8) is 0 Å². The van der Waals surface area contributed by atoms with Gasteiger partial charge < -0.3 is 15.4 Å². The van der Waals surface area contributed by atoms with Gasteiger partial charge in [-0.15, -0.1) is 0 Å². The first-order chi connectivity index (χ1) is 22.8. The first-order valence-corrected chi connectivity index (χ1v) is 15.2. The lowest BCUT2D eigenvalue weighted by Crippen LogP contribution is -2.06. The number of ether oxygens (including phenoxy) is 1. The summed E-state index contributed by atoms with van der Waals surface area (Å²) >= 11 is 0. The fourth-order valence-electron chi connectivity index (χ4n) is 5.20. The summed E-state index contributed by atoms with van der Waals surface area (Å²) in [6.07, 6.45) is 2.55. The number of nitrogens with one attached hydrogen (secondary N) is 2. The predicted octanol–water partition coefficient (Wildman–Crippen LogP) is 10.1. The van der Waals surface area contributed by atoms with Crippen LogP contribution in [0, 0.1) is 0 Å². The van der Waals surface area contributed by atoms with Crippen molar-refractivity contribution in [2.75, 3.05) is 10.6 Å². The molecule has 2 heterocycles. The highest BCUT2D eigenvalue weighted by atomic mass is 16.5. The second kappa shape index (κ2) is 13.6. The van der Waals surface area contributed by atoms with Crippen molar-refractivity contribution in [3.8, 4) is 34.0 Å².